The van der Waals surface area contributed by atoms with Crippen LogP contribution in [0.1, 0.15) is 44.9 Å². The summed E-state index contributed by atoms with van der Waals surface area (Å²) in [6, 6.07) is 0.817. The van der Waals surface area contributed by atoms with E-state index in [1.807, 2.05) is 0 Å². The van der Waals surface area contributed by atoms with Crippen LogP contribution >= 0.6 is 0 Å². The molecule has 1 saturated carbocycles. The molecule has 0 saturated heterocycles. The highest BCUT2D eigenvalue weighted by Gasteiger charge is 2.19. The molecule has 3 heteroatoms. The maximum absolute atomic E-state index is 5.61. The third kappa shape index (κ3) is 5.28. The van der Waals surface area contributed by atoms with Gasteiger partial charge in [-0.2, -0.15) is 0 Å². The SMILES string of the molecule is COCCCN(CCCN)C1CCCCC1. The minimum Gasteiger partial charge on any atom is -0.385 e. The molecular weight excluding hydrogens is 200 g/mol. The van der Waals surface area contributed by atoms with E-state index in [4.69, 9.17) is 10.5 Å². The summed E-state index contributed by atoms with van der Waals surface area (Å²) in [6.45, 7) is 4.04. The summed E-state index contributed by atoms with van der Waals surface area (Å²) in [4.78, 5) is 2.64. The van der Waals surface area contributed by atoms with E-state index in [9.17, 15) is 0 Å². The average molecular weight is 228 g/mol. The molecule has 0 bridgehead atoms. The van der Waals surface area contributed by atoms with Gasteiger partial charge in [-0.1, -0.05) is 19.3 Å². The van der Waals surface area contributed by atoms with Crippen LogP contribution in [0.15, 0.2) is 0 Å². The molecule has 1 aliphatic carbocycles. The molecule has 1 aliphatic rings. The Labute approximate surface area is 100 Å². The second kappa shape index (κ2) is 8.97. The number of hydrogen-bond acceptors (Lipinski definition) is 3. The third-order valence-corrected chi connectivity index (χ3v) is 3.53. The van der Waals surface area contributed by atoms with Crippen LogP contribution in [0.25, 0.3) is 0 Å². The Morgan fingerprint density at radius 3 is 2.44 bits per heavy atom. The first-order valence-corrected chi connectivity index (χ1v) is 6.81. The van der Waals surface area contributed by atoms with Crippen molar-refractivity contribution in [3.05, 3.63) is 0 Å². The lowest BCUT2D eigenvalue weighted by molar-refractivity contribution is 0.127. The van der Waals surface area contributed by atoms with E-state index < -0.39 is 0 Å². The Balaban J connectivity index is 2.28. The predicted molar refractivity (Wildman–Crippen MR) is 68.6 cm³/mol. The van der Waals surface area contributed by atoms with Crippen LogP contribution in [0.3, 0.4) is 0 Å². The van der Waals surface area contributed by atoms with Crippen molar-refractivity contribution in [1.29, 1.82) is 0 Å². The van der Waals surface area contributed by atoms with E-state index in [-0.39, 0.29) is 0 Å². The van der Waals surface area contributed by atoms with Gasteiger partial charge >= 0.3 is 0 Å². The summed E-state index contributed by atoms with van der Waals surface area (Å²) in [7, 11) is 1.78. The summed E-state index contributed by atoms with van der Waals surface area (Å²) in [5.74, 6) is 0. The number of nitrogens with zero attached hydrogens (tertiary/aromatic N) is 1. The Hall–Kier alpha value is -0.120. The molecular formula is C13H28N2O. The van der Waals surface area contributed by atoms with Crippen LogP contribution in [0.2, 0.25) is 0 Å². The Kier molecular flexibility index (Phi) is 7.81. The van der Waals surface area contributed by atoms with Gasteiger partial charge in [0.1, 0.15) is 0 Å². The van der Waals surface area contributed by atoms with E-state index in [0.29, 0.717) is 0 Å². The van der Waals surface area contributed by atoms with Crippen LogP contribution in [0, 0.1) is 0 Å². The molecule has 1 fully saturated rings. The fourth-order valence-electron chi connectivity index (χ4n) is 2.63. The molecule has 0 spiro atoms. The number of ether oxygens (including phenoxy) is 1. The second-order valence-electron chi connectivity index (χ2n) is 4.82. The molecule has 96 valence electrons. The molecule has 3 nitrogen and oxygen atoms in total. The molecule has 16 heavy (non-hydrogen) atoms. The van der Waals surface area contributed by atoms with Gasteiger partial charge in [0.25, 0.3) is 0 Å². The molecule has 0 atom stereocenters. The number of methoxy groups -OCH3 is 1. The Bertz CT molecular complexity index is 158. The van der Waals surface area contributed by atoms with Crippen LogP contribution in [0.5, 0.6) is 0 Å². The highest BCUT2D eigenvalue weighted by atomic mass is 16.5. The Morgan fingerprint density at radius 2 is 1.81 bits per heavy atom. The molecule has 1 rings (SSSR count). The van der Waals surface area contributed by atoms with Crippen molar-refractivity contribution in [2.24, 2.45) is 5.73 Å². The molecule has 0 aromatic rings. The number of hydrogen-bond donors (Lipinski definition) is 1. The smallest absolute Gasteiger partial charge is 0.0474 e. The van der Waals surface area contributed by atoms with Gasteiger partial charge < -0.3 is 15.4 Å². The van der Waals surface area contributed by atoms with Crippen LogP contribution < -0.4 is 5.73 Å². The van der Waals surface area contributed by atoms with Crippen LogP contribution in [-0.2, 0) is 4.74 Å². The standard InChI is InChI=1S/C13H28N2O/c1-16-12-6-11-15(10-5-9-14)13-7-3-2-4-8-13/h13H,2-12,14H2,1H3. The fourth-order valence-corrected chi connectivity index (χ4v) is 2.63. The largest absolute Gasteiger partial charge is 0.385 e. The van der Waals surface area contributed by atoms with Gasteiger partial charge in [-0.05, 0) is 38.8 Å². The summed E-state index contributed by atoms with van der Waals surface area (Å²) in [5, 5.41) is 0. The van der Waals surface area contributed by atoms with Gasteiger partial charge in [0.15, 0.2) is 0 Å². The minimum absolute atomic E-state index is 0.813. The lowest BCUT2D eigenvalue weighted by Gasteiger charge is -2.34. The summed E-state index contributed by atoms with van der Waals surface area (Å²) in [6.07, 6.45) is 9.30. The fraction of sp³-hybridized carbons (Fsp3) is 1.00. The molecule has 0 heterocycles. The molecule has 2 N–H and O–H groups in total. The monoisotopic (exact) mass is 228 g/mol. The molecule has 0 aliphatic heterocycles. The zero-order valence-corrected chi connectivity index (χ0v) is 10.8. The zero-order valence-electron chi connectivity index (χ0n) is 10.8. The topological polar surface area (TPSA) is 38.5 Å². The molecule has 0 unspecified atom stereocenters. The second-order valence-corrected chi connectivity index (χ2v) is 4.82. The van der Waals surface area contributed by atoms with Gasteiger partial charge in [-0.15, -0.1) is 0 Å². The van der Waals surface area contributed by atoms with Gasteiger partial charge in [0.05, 0.1) is 0 Å². The van der Waals surface area contributed by atoms with Crippen molar-refractivity contribution in [3.8, 4) is 0 Å². The van der Waals surface area contributed by atoms with Crippen molar-refractivity contribution in [2.45, 2.75) is 51.0 Å². The average Bonchev–Trinajstić information content (AvgIpc) is 2.35. The van der Waals surface area contributed by atoms with Crippen LogP contribution in [0.4, 0.5) is 0 Å². The summed E-state index contributed by atoms with van der Waals surface area (Å²) < 4.78 is 5.13. The number of rotatable bonds is 8. The van der Waals surface area contributed by atoms with E-state index >= 15 is 0 Å². The van der Waals surface area contributed by atoms with Crippen molar-refractivity contribution in [3.63, 3.8) is 0 Å². The quantitative estimate of drug-likeness (QED) is 0.646. The van der Waals surface area contributed by atoms with Gasteiger partial charge in [0.2, 0.25) is 0 Å². The maximum Gasteiger partial charge on any atom is 0.0474 e. The van der Waals surface area contributed by atoms with E-state index in [1.54, 1.807) is 7.11 Å². The van der Waals surface area contributed by atoms with Crippen molar-refractivity contribution < 1.29 is 4.74 Å². The van der Waals surface area contributed by atoms with Gasteiger partial charge in [-0.25, -0.2) is 0 Å². The summed E-state index contributed by atoms with van der Waals surface area (Å²) >= 11 is 0. The van der Waals surface area contributed by atoms with E-state index in [0.717, 1.165) is 32.0 Å². The van der Waals surface area contributed by atoms with Gasteiger partial charge in [-0.3, -0.25) is 0 Å². The van der Waals surface area contributed by atoms with Crippen LogP contribution in [-0.4, -0.2) is 44.3 Å². The first-order chi connectivity index (χ1) is 7.88. The van der Waals surface area contributed by atoms with E-state index in [2.05, 4.69) is 4.90 Å². The normalized spacial score (nSPS) is 18.2. The lowest BCUT2D eigenvalue weighted by Crippen LogP contribution is -2.39. The van der Waals surface area contributed by atoms with E-state index in [1.165, 1.54) is 45.2 Å². The molecule has 0 aromatic heterocycles. The van der Waals surface area contributed by atoms with Crippen molar-refractivity contribution in [2.75, 3.05) is 33.4 Å². The molecule has 0 amide bonds. The first-order valence-electron chi connectivity index (χ1n) is 6.81. The van der Waals surface area contributed by atoms with Gasteiger partial charge in [0, 0.05) is 26.3 Å². The lowest BCUT2D eigenvalue weighted by atomic mass is 9.94. The minimum atomic E-state index is 0.813. The molecule has 0 radical (unpaired) electrons. The maximum atomic E-state index is 5.61. The zero-order chi connectivity index (χ0) is 11.6. The third-order valence-electron chi connectivity index (χ3n) is 3.53. The first kappa shape index (κ1) is 13.9. The number of nitrogens with two attached hydrogens (primary N) is 1. The van der Waals surface area contributed by atoms with Crippen molar-refractivity contribution >= 4 is 0 Å². The highest BCUT2D eigenvalue weighted by molar-refractivity contribution is 4.75. The Morgan fingerprint density at radius 1 is 1.12 bits per heavy atom. The predicted octanol–water partition coefficient (Wildman–Crippen LogP) is 2.01. The van der Waals surface area contributed by atoms with Crippen molar-refractivity contribution in [1.82, 2.24) is 4.90 Å². The summed E-state index contributed by atoms with van der Waals surface area (Å²) in [5.41, 5.74) is 5.61. The highest BCUT2D eigenvalue weighted by Crippen LogP contribution is 2.22. The molecule has 0 aromatic carbocycles.